The van der Waals surface area contributed by atoms with E-state index in [0.29, 0.717) is 16.8 Å². The zero-order valence-corrected chi connectivity index (χ0v) is 12.6. The second kappa shape index (κ2) is 5.38. The molecule has 0 saturated heterocycles. The number of aromatic amines is 1. The molecule has 3 rings (SSSR count). The molecule has 3 aromatic rings. The first-order valence-electron chi connectivity index (χ1n) is 6.03. The number of halogens is 2. The molecule has 108 valence electrons. The third-order valence-corrected chi connectivity index (χ3v) is 4.29. The number of hydrogen-bond acceptors (Lipinski definition) is 4. The summed E-state index contributed by atoms with van der Waals surface area (Å²) in [5, 5.41) is 8.72. The van der Waals surface area contributed by atoms with Crippen molar-refractivity contribution in [2.45, 2.75) is 0 Å². The van der Waals surface area contributed by atoms with E-state index in [4.69, 9.17) is 22.1 Å². The molecule has 0 aliphatic carbocycles. The first-order chi connectivity index (χ1) is 10.1. The van der Waals surface area contributed by atoms with Crippen molar-refractivity contribution >= 4 is 28.8 Å². The molecule has 21 heavy (non-hydrogen) atoms. The van der Waals surface area contributed by atoms with E-state index >= 15 is 0 Å². The Balaban J connectivity index is 2.19. The highest BCUT2D eigenvalue weighted by molar-refractivity contribution is 7.13. The Hall–Kier alpha value is -2.05. The number of thiophene rings is 1. The van der Waals surface area contributed by atoms with Gasteiger partial charge in [-0.15, -0.1) is 11.3 Å². The summed E-state index contributed by atoms with van der Waals surface area (Å²) in [6, 6.07) is 6.62. The third-order valence-electron chi connectivity index (χ3n) is 3.07. The molecular weight excluding hydrogens is 313 g/mol. The second-order valence-corrected chi connectivity index (χ2v) is 5.63. The van der Waals surface area contributed by atoms with Crippen LogP contribution in [0.25, 0.3) is 21.7 Å². The minimum Gasteiger partial charge on any atom is -0.496 e. The van der Waals surface area contributed by atoms with Crippen LogP contribution in [-0.2, 0) is 0 Å². The number of H-pyrrole nitrogens is 1. The number of anilines is 1. The van der Waals surface area contributed by atoms with Crippen molar-refractivity contribution < 1.29 is 9.13 Å². The summed E-state index contributed by atoms with van der Waals surface area (Å²) in [6.07, 6.45) is 0. The molecule has 0 fully saturated rings. The number of methoxy groups -OCH3 is 1. The van der Waals surface area contributed by atoms with Crippen molar-refractivity contribution in [3.05, 3.63) is 40.5 Å². The Labute approximate surface area is 129 Å². The fraction of sp³-hybridized carbons (Fsp3) is 0.0714. The van der Waals surface area contributed by atoms with Crippen LogP contribution in [0.3, 0.4) is 0 Å². The number of nitrogens with two attached hydrogens (primary N) is 1. The van der Waals surface area contributed by atoms with Crippen LogP contribution in [0.2, 0.25) is 5.02 Å². The molecule has 4 nitrogen and oxygen atoms in total. The van der Waals surface area contributed by atoms with Crippen LogP contribution in [0.1, 0.15) is 0 Å². The zero-order chi connectivity index (χ0) is 15.0. The molecule has 2 heterocycles. The lowest BCUT2D eigenvalue weighted by atomic mass is 10.0. The summed E-state index contributed by atoms with van der Waals surface area (Å²) in [7, 11) is 1.59. The molecule has 0 atom stereocenters. The lowest BCUT2D eigenvalue weighted by molar-refractivity contribution is 0.417. The van der Waals surface area contributed by atoms with Crippen LogP contribution in [0.15, 0.2) is 29.6 Å². The molecule has 0 amide bonds. The van der Waals surface area contributed by atoms with E-state index in [1.54, 1.807) is 19.2 Å². The molecule has 0 bridgehead atoms. The predicted octanol–water partition coefficient (Wildman–Crippen LogP) is 4.19. The van der Waals surface area contributed by atoms with E-state index in [2.05, 4.69) is 10.2 Å². The number of nitrogens with zero attached hydrogens (tertiary/aromatic N) is 1. The minimum atomic E-state index is -0.517. The fourth-order valence-electron chi connectivity index (χ4n) is 2.06. The Kier molecular flexibility index (Phi) is 3.57. The number of hydrogen-bond donors (Lipinski definition) is 2. The zero-order valence-electron chi connectivity index (χ0n) is 11.0. The van der Waals surface area contributed by atoms with Crippen LogP contribution < -0.4 is 10.5 Å². The van der Waals surface area contributed by atoms with Gasteiger partial charge in [-0.3, -0.25) is 5.10 Å². The standard InChI is InChI=1S/C14H11ClFN3OS/c1-20-7-5-10(21-6-7)13-11(14(17)19-18-13)8-3-2-4-9(15)12(8)16/h2-6H,1H3,(H3,17,18,19). The molecule has 0 radical (unpaired) electrons. The highest BCUT2D eigenvalue weighted by Gasteiger charge is 2.20. The lowest BCUT2D eigenvalue weighted by Crippen LogP contribution is -1.91. The van der Waals surface area contributed by atoms with Gasteiger partial charge in [-0.05, 0) is 6.07 Å². The van der Waals surface area contributed by atoms with Gasteiger partial charge in [0.15, 0.2) is 5.82 Å². The van der Waals surface area contributed by atoms with Gasteiger partial charge >= 0.3 is 0 Å². The number of rotatable bonds is 3. The first-order valence-corrected chi connectivity index (χ1v) is 7.28. The van der Waals surface area contributed by atoms with E-state index in [-0.39, 0.29) is 10.8 Å². The average molecular weight is 324 g/mol. The van der Waals surface area contributed by atoms with Crippen LogP contribution in [0, 0.1) is 5.82 Å². The van der Waals surface area contributed by atoms with Crippen LogP contribution in [-0.4, -0.2) is 17.3 Å². The summed E-state index contributed by atoms with van der Waals surface area (Å²) in [5.74, 6) is 0.427. The smallest absolute Gasteiger partial charge is 0.153 e. The van der Waals surface area contributed by atoms with Gasteiger partial charge in [-0.1, -0.05) is 23.7 Å². The van der Waals surface area contributed by atoms with Crippen LogP contribution in [0.4, 0.5) is 10.2 Å². The van der Waals surface area contributed by atoms with Gasteiger partial charge in [-0.25, -0.2) is 4.39 Å². The number of ether oxygens (including phenoxy) is 1. The molecule has 0 saturated carbocycles. The number of aromatic nitrogens is 2. The van der Waals surface area contributed by atoms with Crippen molar-refractivity contribution in [2.75, 3.05) is 12.8 Å². The van der Waals surface area contributed by atoms with Gasteiger partial charge < -0.3 is 10.5 Å². The number of nitrogen functional groups attached to an aromatic ring is 1. The minimum absolute atomic E-state index is 0.0443. The first kappa shape index (κ1) is 13.9. The lowest BCUT2D eigenvalue weighted by Gasteiger charge is -2.05. The topological polar surface area (TPSA) is 63.9 Å². The van der Waals surface area contributed by atoms with E-state index in [1.165, 1.54) is 17.4 Å². The Morgan fingerprint density at radius 3 is 2.95 bits per heavy atom. The van der Waals surface area contributed by atoms with Gasteiger partial charge in [0.2, 0.25) is 0 Å². The summed E-state index contributed by atoms with van der Waals surface area (Å²) < 4.78 is 19.4. The molecule has 0 aliphatic rings. The summed E-state index contributed by atoms with van der Waals surface area (Å²) in [5.41, 5.74) is 7.35. The third kappa shape index (κ3) is 2.36. The van der Waals surface area contributed by atoms with Gasteiger partial charge in [0.25, 0.3) is 0 Å². The van der Waals surface area contributed by atoms with Crippen molar-refractivity contribution in [2.24, 2.45) is 0 Å². The Morgan fingerprint density at radius 2 is 2.24 bits per heavy atom. The van der Waals surface area contributed by atoms with Crippen molar-refractivity contribution in [1.29, 1.82) is 0 Å². The Bertz CT molecular complexity index is 799. The molecule has 0 spiro atoms. The second-order valence-electron chi connectivity index (χ2n) is 4.31. The van der Waals surface area contributed by atoms with Gasteiger partial charge in [0, 0.05) is 17.0 Å². The maximum Gasteiger partial charge on any atom is 0.153 e. The molecule has 2 aromatic heterocycles. The Morgan fingerprint density at radius 1 is 1.43 bits per heavy atom. The number of nitrogens with one attached hydrogen (secondary N) is 1. The van der Waals surface area contributed by atoms with Crippen molar-refractivity contribution in [3.8, 4) is 27.4 Å². The quantitative estimate of drug-likeness (QED) is 0.759. The average Bonchev–Trinajstić information content (AvgIpc) is 3.08. The van der Waals surface area contributed by atoms with Crippen LogP contribution >= 0.6 is 22.9 Å². The highest BCUT2D eigenvalue weighted by atomic mass is 35.5. The van der Waals surface area contributed by atoms with Gasteiger partial charge in [-0.2, -0.15) is 5.10 Å². The molecule has 3 N–H and O–H groups in total. The molecule has 0 aliphatic heterocycles. The van der Waals surface area contributed by atoms with Crippen molar-refractivity contribution in [3.63, 3.8) is 0 Å². The monoisotopic (exact) mass is 323 g/mol. The summed E-state index contributed by atoms with van der Waals surface area (Å²) in [6.45, 7) is 0. The van der Waals surface area contributed by atoms with Gasteiger partial charge in [0.05, 0.1) is 28.3 Å². The highest BCUT2D eigenvalue weighted by Crippen LogP contribution is 2.40. The van der Waals surface area contributed by atoms with E-state index in [9.17, 15) is 4.39 Å². The largest absolute Gasteiger partial charge is 0.496 e. The molecule has 1 aromatic carbocycles. The van der Waals surface area contributed by atoms with Gasteiger partial charge in [0.1, 0.15) is 11.6 Å². The number of benzene rings is 1. The van der Waals surface area contributed by atoms with E-state index in [0.717, 1.165) is 10.6 Å². The summed E-state index contributed by atoms with van der Waals surface area (Å²) >= 11 is 7.30. The van der Waals surface area contributed by atoms with E-state index < -0.39 is 5.82 Å². The summed E-state index contributed by atoms with van der Waals surface area (Å²) in [4.78, 5) is 0.852. The normalized spacial score (nSPS) is 10.8. The SMILES string of the molecule is COc1csc(-c2[nH]nc(N)c2-c2cccc(Cl)c2F)c1. The molecule has 7 heteroatoms. The van der Waals surface area contributed by atoms with Crippen LogP contribution in [0.5, 0.6) is 5.75 Å². The molecule has 0 unspecified atom stereocenters. The maximum atomic E-state index is 14.3. The predicted molar refractivity (Wildman–Crippen MR) is 83.3 cm³/mol. The maximum absolute atomic E-state index is 14.3. The van der Waals surface area contributed by atoms with E-state index in [1.807, 2.05) is 11.4 Å². The fourth-order valence-corrected chi connectivity index (χ4v) is 3.09. The molecular formula is C14H11ClFN3OS. The van der Waals surface area contributed by atoms with Crippen molar-refractivity contribution in [1.82, 2.24) is 10.2 Å².